The van der Waals surface area contributed by atoms with Gasteiger partial charge in [0.25, 0.3) is 11.8 Å². The normalized spacial score (nSPS) is 20.3. The van der Waals surface area contributed by atoms with Gasteiger partial charge in [0.2, 0.25) is 11.8 Å². The molecule has 4 aromatic carbocycles. The van der Waals surface area contributed by atoms with Gasteiger partial charge in [-0.05, 0) is 133 Å². The van der Waals surface area contributed by atoms with E-state index < -0.39 is 23.8 Å². The Bertz CT molecular complexity index is 2140. The summed E-state index contributed by atoms with van der Waals surface area (Å²) >= 11 is 6.36. The maximum atomic E-state index is 13.4. The number of likely N-dealkylation sites (tertiary alicyclic amines) is 1. The number of phenols is 1. The van der Waals surface area contributed by atoms with Crippen molar-refractivity contribution in [2.24, 2.45) is 5.92 Å². The lowest BCUT2D eigenvalue weighted by atomic mass is 9.87. The Morgan fingerprint density at radius 3 is 2.04 bits per heavy atom. The van der Waals surface area contributed by atoms with Gasteiger partial charge in [-0.25, -0.2) is 0 Å². The van der Waals surface area contributed by atoms with E-state index in [0.717, 1.165) is 97.6 Å². The summed E-state index contributed by atoms with van der Waals surface area (Å²) in [5.41, 5.74) is 8.60. The molecule has 8 rings (SSSR count). The van der Waals surface area contributed by atoms with Gasteiger partial charge >= 0.3 is 0 Å². The molecule has 4 amide bonds. The third kappa shape index (κ3) is 7.75. The minimum absolute atomic E-state index is 0.107. The second kappa shape index (κ2) is 16.5. The number of halogens is 1. The number of hydrogen-bond donors (Lipinski definition) is 2. The highest BCUT2D eigenvalue weighted by Gasteiger charge is 2.45. The molecule has 4 aliphatic heterocycles. The highest BCUT2D eigenvalue weighted by Crippen LogP contribution is 2.38. The Balaban J connectivity index is 0.866. The van der Waals surface area contributed by atoms with Gasteiger partial charge in [0.1, 0.15) is 11.8 Å². The number of amides is 4. The van der Waals surface area contributed by atoms with Crippen LogP contribution in [0.3, 0.4) is 0 Å². The molecule has 4 aliphatic rings. The molecule has 10 heteroatoms. The Labute approximate surface area is 332 Å². The van der Waals surface area contributed by atoms with Crippen molar-refractivity contribution in [2.45, 2.75) is 56.9 Å². The standard InChI is InChI=1S/C46H47ClN4O5/c47-23-18-38(32-4-2-1-3-5-32)43(34-8-13-37(52)14-9-34)33-6-11-36(12-7-33)50-26-19-30(20-27-50)29-49-24-21-31(22-25-49)35-10-15-39-40(28-35)46(56)51(45(39)55)41-16-17-42(53)48-44(41)54/h1-15,28,30-31,41,52H,16-27,29H2,(H,48,53,54). The Kier molecular flexibility index (Phi) is 11.1. The number of nitrogens with one attached hydrogen (secondary N) is 1. The molecule has 2 N–H and O–H groups in total. The number of anilines is 1. The number of hydrogen-bond acceptors (Lipinski definition) is 7. The highest BCUT2D eigenvalue weighted by atomic mass is 35.5. The van der Waals surface area contributed by atoms with Crippen molar-refractivity contribution in [3.05, 3.63) is 130 Å². The molecule has 288 valence electrons. The van der Waals surface area contributed by atoms with Crippen LogP contribution in [0.2, 0.25) is 0 Å². The maximum absolute atomic E-state index is 13.4. The van der Waals surface area contributed by atoms with Crippen molar-refractivity contribution in [2.75, 3.05) is 43.5 Å². The van der Waals surface area contributed by atoms with E-state index in [0.29, 0.717) is 28.8 Å². The van der Waals surface area contributed by atoms with Gasteiger partial charge in [-0.2, -0.15) is 0 Å². The molecule has 0 aliphatic carbocycles. The van der Waals surface area contributed by atoms with E-state index in [9.17, 15) is 24.3 Å². The smallest absolute Gasteiger partial charge is 0.262 e. The van der Waals surface area contributed by atoms with Crippen molar-refractivity contribution in [3.8, 4) is 5.75 Å². The van der Waals surface area contributed by atoms with Crippen LogP contribution in [-0.2, 0) is 9.59 Å². The van der Waals surface area contributed by atoms with Crippen LogP contribution in [0, 0.1) is 5.92 Å². The first-order chi connectivity index (χ1) is 27.3. The lowest BCUT2D eigenvalue weighted by Crippen LogP contribution is -2.54. The second-order valence-electron chi connectivity index (χ2n) is 15.5. The van der Waals surface area contributed by atoms with E-state index in [4.69, 9.17) is 11.6 Å². The van der Waals surface area contributed by atoms with Crippen LogP contribution in [0.25, 0.3) is 11.1 Å². The highest BCUT2D eigenvalue weighted by molar-refractivity contribution is 6.23. The van der Waals surface area contributed by atoms with E-state index in [1.807, 2.05) is 30.3 Å². The largest absolute Gasteiger partial charge is 0.508 e. The zero-order valence-corrected chi connectivity index (χ0v) is 32.2. The summed E-state index contributed by atoms with van der Waals surface area (Å²) in [4.78, 5) is 56.7. The molecule has 0 radical (unpaired) electrons. The SMILES string of the molecule is O=C1CCC(N2C(=O)c3ccc(C4CCN(CC5CCN(c6ccc(C(=C(CCCl)c7ccccc7)c7ccc(O)cc7)cc6)CC5)CC4)cc3C2=O)C(=O)N1. The fourth-order valence-corrected chi connectivity index (χ4v) is 9.25. The molecular weight excluding hydrogens is 724 g/mol. The Hall–Kier alpha value is -5.25. The number of aromatic hydroxyl groups is 1. The Morgan fingerprint density at radius 1 is 0.714 bits per heavy atom. The summed E-state index contributed by atoms with van der Waals surface area (Å²) in [5, 5.41) is 12.3. The van der Waals surface area contributed by atoms with Gasteiger partial charge in [-0.3, -0.25) is 29.4 Å². The van der Waals surface area contributed by atoms with Crippen molar-refractivity contribution in [3.63, 3.8) is 0 Å². The van der Waals surface area contributed by atoms with Crippen LogP contribution in [0.1, 0.15) is 93.8 Å². The molecule has 0 spiro atoms. The quantitative estimate of drug-likeness (QED) is 0.0978. The molecule has 0 bridgehead atoms. The lowest BCUT2D eigenvalue weighted by Gasteiger charge is -2.38. The van der Waals surface area contributed by atoms with Crippen molar-refractivity contribution in [1.82, 2.24) is 15.1 Å². The maximum Gasteiger partial charge on any atom is 0.262 e. The number of nitrogens with zero attached hydrogens (tertiary/aromatic N) is 3. The van der Waals surface area contributed by atoms with Gasteiger partial charge in [-0.15, -0.1) is 11.6 Å². The fraction of sp³-hybridized carbons (Fsp3) is 0.348. The summed E-state index contributed by atoms with van der Waals surface area (Å²) in [5.74, 6) is -0.191. The zero-order valence-electron chi connectivity index (χ0n) is 31.5. The first-order valence-electron chi connectivity index (χ1n) is 19.8. The summed E-state index contributed by atoms with van der Waals surface area (Å²) in [7, 11) is 0. The second-order valence-corrected chi connectivity index (χ2v) is 15.9. The number of carbonyl (C=O) groups excluding carboxylic acids is 4. The first kappa shape index (κ1) is 37.7. The van der Waals surface area contributed by atoms with Crippen LogP contribution in [-0.4, -0.2) is 83.2 Å². The van der Waals surface area contributed by atoms with Crippen molar-refractivity contribution in [1.29, 1.82) is 0 Å². The number of alkyl halides is 1. The predicted molar refractivity (Wildman–Crippen MR) is 219 cm³/mol. The predicted octanol–water partition coefficient (Wildman–Crippen LogP) is 7.48. The molecule has 4 aromatic rings. The summed E-state index contributed by atoms with van der Waals surface area (Å²) in [6.45, 7) is 5.09. The number of benzene rings is 4. The molecule has 1 unspecified atom stereocenters. The van der Waals surface area contributed by atoms with Gasteiger partial charge < -0.3 is 14.9 Å². The number of carbonyl (C=O) groups is 4. The molecule has 9 nitrogen and oxygen atoms in total. The van der Waals surface area contributed by atoms with E-state index in [1.165, 1.54) is 11.3 Å². The number of fused-ring (bicyclic) bond motifs is 1. The molecule has 56 heavy (non-hydrogen) atoms. The van der Waals surface area contributed by atoms with Crippen LogP contribution >= 0.6 is 11.6 Å². The number of imide groups is 2. The lowest BCUT2D eigenvalue weighted by molar-refractivity contribution is -0.136. The van der Waals surface area contributed by atoms with Crippen LogP contribution in [0.5, 0.6) is 5.75 Å². The number of rotatable bonds is 10. The average Bonchev–Trinajstić information content (AvgIpc) is 3.47. The summed E-state index contributed by atoms with van der Waals surface area (Å²) in [6, 6.07) is 31.3. The zero-order chi connectivity index (χ0) is 38.8. The minimum atomic E-state index is -0.951. The van der Waals surface area contributed by atoms with E-state index in [-0.39, 0.29) is 24.5 Å². The topological polar surface area (TPSA) is 110 Å². The van der Waals surface area contributed by atoms with Crippen LogP contribution in [0.15, 0.2) is 97.1 Å². The monoisotopic (exact) mass is 770 g/mol. The van der Waals surface area contributed by atoms with Gasteiger partial charge in [0.15, 0.2) is 0 Å². The van der Waals surface area contributed by atoms with Crippen LogP contribution in [0.4, 0.5) is 5.69 Å². The number of piperidine rings is 3. The molecule has 3 saturated heterocycles. The third-order valence-electron chi connectivity index (χ3n) is 12.1. The summed E-state index contributed by atoms with van der Waals surface area (Å²) < 4.78 is 0. The molecule has 1 atom stereocenters. The van der Waals surface area contributed by atoms with E-state index in [2.05, 4.69) is 63.6 Å². The molecular formula is C46H47ClN4O5. The van der Waals surface area contributed by atoms with E-state index >= 15 is 0 Å². The number of allylic oxidation sites excluding steroid dienone is 1. The first-order valence-corrected chi connectivity index (χ1v) is 20.4. The average molecular weight is 771 g/mol. The molecule has 0 aromatic heterocycles. The molecule has 3 fully saturated rings. The van der Waals surface area contributed by atoms with Gasteiger partial charge in [0.05, 0.1) is 11.1 Å². The molecule has 4 heterocycles. The molecule has 0 saturated carbocycles. The fourth-order valence-electron chi connectivity index (χ4n) is 9.06. The van der Waals surface area contributed by atoms with Crippen molar-refractivity contribution < 1.29 is 24.3 Å². The van der Waals surface area contributed by atoms with Gasteiger partial charge in [0, 0.05) is 37.6 Å². The summed E-state index contributed by atoms with van der Waals surface area (Å²) in [6.07, 6.45) is 5.23. The Morgan fingerprint density at radius 2 is 1.38 bits per heavy atom. The van der Waals surface area contributed by atoms with Crippen molar-refractivity contribution >= 4 is 52.1 Å². The van der Waals surface area contributed by atoms with Crippen LogP contribution < -0.4 is 10.2 Å². The van der Waals surface area contributed by atoms with E-state index in [1.54, 1.807) is 18.2 Å². The number of phenolic OH excluding ortho intramolecular Hbond substituents is 1. The minimum Gasteiger partial charge on any atom is -0.508 e. The third-order valence-corrected chi connectivity index (χ3v) is 12.3. The van der Waals surface area contributed by atoms with Gasteiger partial charge in [-0.1, -0.05) is 60.7 Å².